The summed E-state index contributed by atoms with van der Waals surface area (Å²) >= 11 is 0. The number of amides is 1. The molecule has 1 aliphatic carbocycles. The highest BCUT2D eigenvalue weighted by Gasteiger charge is 2.28. The third-order valence-corrected chi connectivity index (χ3v) is 5.95. The number of likely N-dealkylation sites (tertiary alicyclic amines) is 1. The summed E-state index contributed by atoms with van der Waals surface area (Å²) in [5.74, 6) is 0.506. The standard InChI is InChI=1S/C20H28N4O2/c25-19(14-8-9-17-18(12-14)23-20(26)22-17)21-16-7-3-2-6-15(16)13-24-10-4-1-5-11-24/h8-9,12,15-16H,1-7,10-11,13H2,(H,21,25)(H2,22,23,26)/t15-,16+/m0/s1. The second kappa shape index (κ2) is 7.66. The van der Waals surface area contributed by atoms with Gasteiger partial charge in [0.2, 0.25) is 0 Å². The van der Waals surface area contributed by atoms with Gasteiger partial charge in [-0.05, 0) is 62.9 Å². The molecule has 4 rings (SSSR count). The van der Waals surface area contributed by atoms with Gasteiger partial charge in [-0.3, -0.25) is 4.79 Å². The summed E-state index contributed by atoms with van der Waals surface area (Å²) in [5.41, 5.74) is 1.77. The van der Waals surface area contributed by atoms with Gasteiger partial charge < -0.3 is 20.2 Å². The monoisotopic (exact) mass is 356 g/mol. The molecule has 1 aromatic heterocycles. The highest BCUT2D eigenvalue weighted by Crippen LogP contribution is 2.27. The number of piperidine rings is 1. The Morgan fingerprint density at radius 2 is 1.81 bits per heavy atom. The molecule has 6 heteroatoms. The van der Waals surface area contributed by atoms with Crippen molar-refractivity contribution in [1.29, 1.82) is 0 Å². The fourth-order valence-corrected chi connectivity index (χ4v) is 4.52. The number of H-pyrrole nitrogens is 2. The maximum atomic E-state index is 12.8. The van der Waals surface area contributed by atoms with Crippen molar-refractivity contribution in [3.05, 3.63) is 34.2 Å². The van der Waals surface area contributed by atoms with E-state index in [4.69, 9.17) is 0 Å². The van der Waals surface area contributed by atoms with Crippen molar-refractivity contribution in [3.63, 3.8) is 0 Å². The van der Waals surface area contributed by atoms with Crippen LogP contribution in [0.2, 0.25) is 0 Å². The average molecular weight is 356 g/mol. The number of carbonyl (C=O) groups is 1. The molecular weight excluding hydrogens is 328 g/mol. The van der Waals surface area contributed by atoms with E-state index < -0.39 is 0 Å². The number of aromatic nitrogens is 2. The molecule has 1 aromatic carbocycles. The first-order valence-electron chi connectivity index (χ1n) is 9.94. The van der Waals surface area contributed by atoms with Crippen molar-refractivity contribution in [1.82, 2.24) is 20.2 Å². The van der Waals surface area contributed by atoms with Gasteiger partial charge in [-0.25, -0.2) is 4.79 Å². The number of hydrogen-bond acceptors (Lipinski definition) is 3. The lowest BCUT2D eigenvalue weighted by Gasteiger charge is -2.37. The lowest BCUT2D eigenvalue weighted by atomic mass is 9.83. The lowest BCUT2D eigenvalue weighted by molar-refractivity contribution is 0.0877. The van der Waals surface area contributed by atoms with Crippen molar-refractivity contribution in [2.45, 2.75) is 51.0 Å². The Kier molecular flexibility index (Phi) is 5.11. The molecule has 2 heterocycles. The van der Waals surface area contributed by atoms with Crippen LogP contribution >= 0.6 is 0 Å². The Bertz CT molecular complexity index is 819. The maximum absolute atomic E-state index is 12.8. The molecule has 2 aromatic rings. The molecular formula is C20H28N4O2. The molecule has 1 saturated heterocycles. The third kappa shape index (κ3) is 3.85. The molecule has 0 bridgehead atoms. The van der Waals surface area contributed by atoms with E-state index in [1.807, 2.05) is 0 Å². The van der Waals surface area contributed by atoms with Crippen LogP contribution < -0.4 is 11.0 Å². The third-order valence-electron chi connectivity index (χ3n) is 5.95. The van der Waals surface area contributed by atoms with E-state index in [-0.39, 0.29) is 17.6 Å². The molecule has 26 heavy (non-hydrogen) atoms. The second-order valence-corrected chi connectivity index (χ2v) is 7.83. The molecule has 1 amide bonds. The zero-order chi connectivity index (χ0) is 17.9. The maximum Gasteiger partial charge on any atom is 0.323 e. The van der Waals surface area contributed by atoms with Crippen LogP contribution in [0.4, 0.5) is 0 Å². The van der Waals surface area contributed by atoms with Gasteiger partial charge in [0.1, 0.15) is 0 Å². The Balaban J connectivity index is 1.44. The van der Waals surface area contributed by atoms with Crippen LogP contribution in [-0.4, -0.2) is 46.5 Å². The minimum atomic E-state index is -0.244. The smallest absolute Gasteiger partial charge is 0.323 e. The number of carbonyl (C=O) groups excluding carboxylic acids is 1. The highest BCUT2D eigenvalue weighted by atomic mass is 16.2. The van der Waals surface area contributed by atoms with Gasteiger partial charge in [0.05, 0.1) is 11.0 Å². The summed E-state index contributed by atoms with van der Waals surface area (Å²) in [6, 6.07) is 5.57. The van der Waals surface area contributed by atoms with Gasteiger partial charge in [-0.15, -0.1) is 0 Å². The number of fused-ring (bicyclic) bond motifs is 1. The number of rotatable bonds is 4. The first kappa shape index (κ1) is 17.3. The van der Waals surface area contributed by atoms with Gasteiger partial charge in [-0.2, -0.15) is 0 Å². The summed E-state index contributed by atoms with van der Waals surface area (Å²) in [6.45, 7) is 3.51. The molecule has 2 fully saturated rings. The molecule has 2 atom stereocenters. The normalized spacial score (nSPS) is 24.6. The van der Waals surface area contributed by atoms with E-state index in [0.29, 0.717) is 17.0 Å². The summed E-state index contributed by atoms with van der Waals surface area (Å²) in [6.07, 6.45) is 8.68. The van der Waals surface area contributed by atoms with E-state index >= 15 is 0 Å². The van der Waals surface area contributed by atoms with Gasteiger partial charge in [-0.1, -0.05) is 19.3 Å². The number of benzene rings is 1. The molecule has 0 spiro atoms. The van der Waals surface area contributed by atoms with E-state index in [2.05, 4.69) is 20.2 Å². The molecule has 0 radical (unpaired) electrons. The van der Waals surface area contributed by atoms with E-state index in [9.17, 15) is 9.59 Å². The zero-order valence-electron chi connectivity index (χ0n) is 15.2. The largest absolute Gasteiger partial charge is 0.349 e. The van der Waals surface area contributed by atoms with Crippen LogP contribution in [-0.2, 0) is 0 Å². The molecule has 1 aliphatic heterocycles. The number of nitrogens with zero attached hydrogens (tertiary/aromatic N) is 1. The first-order chi connectivity index (χ1) is 12.7. The minimum absolute atomic E-state index is 0.0375. The molecule has 6 nitrogen and oxygen atoms in total. The molecule has 1 saturated carbocycles. The Morgan fingerprint density at radius 1 is 1.04 bits per heavy atom. The summed E-state index contributed by atoms with van der Waals surface area (Å²) in [7, 11) is 0. The van der Waals surface area contributed by atoms with Crippen molar-refractivity contribution in [2.75, 3.05) is 19.6 Å². The van der Waals surface area contributed by atoms with Crippen LogP contribution in [0.3, 0.4) is 0 Å². The van der Waals surface area contributed by atoms with Gasteiger partial charge in [0, 0.05) is 18.2 Å². The number of hydrogen-bond donors (Lipinski definition) is 3. The van der Waals surface area contributed by atoms with Crippen molar-refractivity contribution >= 4 is 16.9 Å². The van der Waals surface area contributed by atoms with Gasteiger partial charge in [0.25, 0.3) is 5.91 Å². The molecule has 3 N–H and O–H groups in total. The number of aromatic amines is 2. The van der Waals surface area contributed by atoms with E-state index in [1.54, 1.807) is 18.2 Å². The van der Waals surface area contributed by atoms with Crippen LogP contribution in [0.1, 0.15) is 55.3 Å². The first-order valence-corrected chi connectivity index (χ1v) is 9.94. The molecule has 140 valence electrons. The Labute approximate surface area is 153 Å². The predicted octanol–water partition coefficient (Wildman–Crippen LogP) is 2.63. The number of nitrogens with one attached hydrogen (secondary N) is 3. The average Bonchev–Trinajstić information content (AvgIpc) is 3.03. The van der Waals surface area contributed by atoms with Crippen molar-refractivity contribution in [3.8, 4) is 0 Å². The van der Waals surface area contributed by atoms with Crippen LogP contribution in [0.25, 0.3) is 11.0 Å². The zero-order valence-corrected chi connectivity index (χ0v) is 15.2. The topological polar surface area (TPSA) is 81.0 Å². The summed E-state index contributed by atoms with van der Waals surface area (Å²) < 4.78 is 0. The van der Waals surface area contributed by atoms with Crippen molar-refractivity contribution < 1.29 is 4.79 Å². The summed E-state index contributed by atoms with van der Waals surface area (Å²) in [5, 5.41) is 3.28. The lowest BCUT2D eigenvalue weighted by Crippen LogP contribution is -2.47. The quantitative estimate of drug-likeness (QED) is 0.788. The van der Waals surface area contributed by atoms with Crippen molar-refractivity contribution in [2.24, 2.45) is 5.92 Å². The minimum Gasteiger partial charge on any atom is -0.349 e. The highest BCUT2D eigenvalue weighted by molar-refractivity contribution is 5.97. The van der Waals surface area contributed by atoms with Crippen LogP contribution in [0.15, 0.2) is 23.0 Å². The van der Waals surface area contributed by atoms with E-state index in [1.165, 1.54) is 51.6 Å². The second-order valence-electron chi connectivity index (χ2n) is 7.83. The number of imidazole rings is 1. The fraction of sp³-hybridized carbons (Fsp3) is 0.600. The fourth-order valence-electron chi connectivity index (χ4n) is 4.52. The molecule has 0 unspecified atom stereocenters. The molecule has 2 aliphatic rings. The van der Waals surface area contributed by atoms with Gasteiger partial charge >= 0.3 is 5.69 Å². The van der Waals surface area contributed by atoms with Crippen LogP contribution in [0, 0.1) is 5.92 Å². The predicted molar refractivity (Wildman–Crippen MR) is 102 cm³/mol. The Hall–Kier alpha value is -2.08. The summed E-state index contributed by atoms with van der Waals surface area (Å²) in [4.78, 5) is 32.2. The van der Waals surface area contributed by atoms with Crippen LogP contribution in [0.5, 0.6) is 0 Å². The SMILES string of the molecule is O=C(N[C@@H]1CCCC[C@H]1CN1CCCCC1)c1ccc2[nH]c(=O)[nH]c2c1. The van der Waals surface area contributed by atoms with E-state index in [0.717, 1.165) is 18.5 Å². The van der Waals surface area contributed by atoms with Gasteiger partial charge in [0.15, 0.2) is 0 Å². The Morgan fingerprint density at radius 3 is 2.65 bits per heavy atom.